The Balaban J connectivity index is -0.0000000385. The molecule has 0 aromatic heterocycles. The first-order valence-corrected chi connectivity index (χ1v) is 6.40. The van der Waals surface area contributed by atoms with E-state index in [0.29, 0.717) is 5.92 Å². The SMILES string of the molecule is C=C.C=C(C)C.C=C=CC(C)C.CC.CCC. The molecule has 17 heavy (non-hydrogen) atoms. The molecule has 0 heteroatoms. The van der Waals surface area contributed by atoms with E-state index in [-0.39, 0.29) is 0 Å². The lowest BCUT2D eigenvalue weighted by atomic mass is 10.2. The van der Waals surface area contributed by atoms with Gasteiger partial charge in [-0.25, -0.2) is 0 Å². The summed E-state index contributed by atoms with van der Waals surface area (Å²) in [5.41, 5.74) is 3.86. The fourth-order valence-electron chi connectivity index (χ4n) is 0.236. The minimum atomic E-state index is 0.600. The van der Waals surface area contributed by atoms with Gasteiger partial charge in [0.05, 0.1) is 0 Å². The van der Waals surface area contributed by atoms with Crippen LogP contribution in [0.3, 0.4) is 0 Å². The van der Waals surface area contributed by atoms with Gasteiger partial charge in [0.1, 0.15) is 0 Å². The maximum atomic E-state index is 3.56. The van der Waals surface area contributed by atoms with E-state index < -0.39 is 0 Å². The summed E-state index contributed by atoms with van der Waals surface area (Å²) in [7, 11) is 0. The third-order valence-electron chi connectivity index (χ3n) is 0.451. The molecule has 0 aromatic rings. The van der Waals surface area contributed by atoms with Crippen molar-refractivity contribution in [3.63, 3.8) is 0 Å². The van der Waals surface area contributed by atoms with Crippen LogP contribution < -0.4 is 0 Å². The smallest absolute Gasteiger partial charge is 0.0215 e. The van der Waals surface area contributed by atoms with Crippen LogP contribution in [0.25, 0.3) is 0 Å². The van der Waals surface area contributed by atoms with Gasteiger partial charge in [0.25, 0.3) is 0 Å². The molecule has 0 saturated heterocycles. The standard InChI is InChI=1S/C6H10.C4H8.C3H8.C2H6.C2H4/c1-4-5-6(2)3;1-4(2)3;1-3-2;2*1-2/h5-6H,1H2,2-3H3;1H2,2-3H3;3H2,1-2H3;1-2H3;1-2H2. The van der Waals surface area contributed by atoms with Crippen molar-refractivity contribution in [1.82, 2.24) is 0 Å². The highest BCUT2D eigenvalue weighted by atomic mass is 13.8. The maximum absolute atomic E-state index is 3.56. The number of allylic oxidation sites excluding steroid dienone is 2. The second-order valence-electron chi connectivity index (χ2n) is 3.53. The van der Waals surface area contributed by atoms with Crippen LogP contribution in [0.1, 0.15) is 61.8 Å². The van der Waals surface area contributed by atoms with Crippen molar-refractivity contribution < 1.29 is 0 Å². The van der Waals surface area contributed by atoms with E-state index in [0.717, 1.165) is 0 Å². The van der Waals surface area contributed by atoms with Gasteiger partial charge >= 0.3 is 0 Å². The van der Waals surface area contributed by atoms with Crippen molar-refractivity contribution in [3.8, 4) is 0 Å². The van der Waals surface area contributed by atoms with E-state index in [1.165, 1.54) is 12.0 Å². The van der Waals surface area contributed by atoms with E-state index in [1.54, 1.807) is 0 Å². The van der Waals surface area contributed by atoms with Crippen LogP contribution in [-0.4, -0.2) is 0 Å². The highest BCUT2D eigenvalue weighted by Gasteiger charge is 1.76. The van der Waals surface area contributed by atoms with Gasteiger partial charge in [-0.15, -0.1) is 25.5 Å². The van der Waals surface area contributed by atoms with Gasteiger partial charge in [0, 0.05) is 0 Å². The normalized spacial score (nSPS) is 5.94. The molecule has 0 unspecified atom stereocenters. The van der Waals surface area contributed by atoms with Crippen molar-refractivity contribution in [2.24, 2.45) is 5.92 Å². The number of rotatable bonds is 1. The van der Waals surface area contributed by atoms with Gasteiger partial charge in [-0.05, 0) is 25.8 Å². The molecular weight excluding hydrogens is 204 g/mol. The Kier molecular flexibility index (Phi) is 80.4. The minimum Gasteiger partial charge on any atom is -0.133 e. The molecule has 0 aliphatic rings. The third kappa shape index (κ3) is 634. The number of hydrogen-bond donors (Lipinski definition) is 0. The summed E-state index contributed by atoms with van der Waals surface area (Å²) < 4.78 is 0. The van der Waals surface area contributed by atoms with E-state index in [2.05, 4.69) is 59.7 Å². The van der Waals surface area contributed by atoms with Crippen molar-refractivity contribution >= 4 is 0 Å². The summed E-state index contributed by atoms with van der Waals surface area (Å²) in [5.74, 6) is 0.600. The molecule has 104 valence electrons. The van der Waals surface area contributed by atoms with Crippen LogP contribution in [0.15, 0.2) is 43.7 Å². The predicted octanol–water partition coefficient (Wildman–Crippen LogP) is 6.81. The quantitative estimate of drug-likeness (QED) is 0.349. The summed E-state index contributed by atoms with van der Waals surface area (Å²) >= 11 is 0. The highest BCUT2D eigenvalue weighted by molar-refractivity contribution is 4.79. The lowest BCUT2D eigenvalue weighted by Gasteiger charge is -1.84. The molecule has 0 aliphatic carbocycles. The lowest BCUT2D eigenvalue weighted by molar-refractivity contribution is 0.833. The van der Waals surface area contributed by atoms with Crippen molar-refractivity contribution in [3.05, 3.63) is 43.7 Å². The summed E-state index contributed by atoms with van der Waals surface area (Å²) in [5, 5.41) is 0. The molecule has 0 amide bonds. The van der Waals surface area contributed by atoms with Crippen molar-refractivity contribution in [2.45, 2.75) is 61.8 Å². The van der Waals surface area contributed by atoms with Crippen LogP contribution >= 0.6 is 0 Å². The monoisotopic (exact) mass is 240 g/mol. The Morgan fingerprint density at radius 2 is 1.29 bits per heavy atom. The molecule has 0 heterocycles. The molecule has 0 radical (unpaired) electrons. The van der Waals surface area contributed by atoms with Gasteiger partial charge in [0.15, 0.2) is 0 Å². The predicted molar refractivity (Wildman–Crippen MR) is 87.6 cm³/mol. The van der Waals surface area contributed by atoms with E-state index in [9.17, 15) is 0 Å². The average molecular weight is 240 g/mol. The van der Waals surface area contributed by atoms with Gasteiger partial charge in [-0.1, -0.05) is 60.1 Å². The molecule has 0 nitrogen and oxygen atoms in total. The minimum absolute atomic E-state index is 0.600. The zero-order valence-corrected chi connectivity index (χ0v) is 13.7. The molecule has 0 saturated carbocycles. The molecular formula is C17H36. The molecule has 0 N–H and O–H groups in total. The first-order chi connectivity index (χ1) is 7.92. The second kappa shape index (κ2) is 45.9. The summed E-state index contributed by atoms with van der Waals surface area (Å²) in [6.07, 6.45) is 3.18. The van der Waals surface area contributed by atoms with Crippen molar-refractivity contribution in [1.29, 1.82) is 0 Å². The molecule has 0 rings (SSSR count). The Labute approximate surface area is 112 Å². The van der Waals surface area contributed by atoms with Gasteiger partial charge in [-0.3, -0.25) is 0 Å². The molecule has 0 aromatic carbocycles. The maximum Gasteiger partial charge on any atom is -0.0215 e. The molecule has 0 spiro atoms. The van der Waals surface area contributed by atoms with E-state index in [4.69, 9.17) is 0 Å². The molecule has 0 fully saturated rings. The summed E-state index contributed by atoms with van der Waals surface area (Å²) in [4.78, 5) is 0. The van der Waals surface area contributed by atoms with Crippen LogP contribution in [0, 0.1) is 5.92 Å². The van der Waals surface area contributed by atoms with Gasteiger partial charge < -0.3 is 0 Å². The van der Waals surface area contributed by atoms with Crippen LogP contribution in [0.5, 0.6) is 0 Å². The highest BCUT2D eigenvalue weighted by Crippen LogP contribution is 1.88. The molecule has 0 atom stereocenters. The summed E-state index contributed by atoms with van der Waals surface area (Å²) in [6, 6.07) is 0. The second-order valence-corrected chi connectivity index (χ2v) is 3.53. The largest absolute Gasteiger partial charge is 0.133 e. The zero-order valence-electron chi connectivity index (χ0n) is 13.7. The topological polar surface area (TPSA) is 0 Å². The fraction of sp³-hybridized carbons (Fsp3) is 0.588. The Hall–Kier alpha value is -1.00. The van der Waals surface area contributed by atoms with E-state index >= 15 is 0 Å². The first kappa shape index (κ1) is 29.8. The van der Waals surface area contributed by atoms with Crippen LogP contribution in [0.4, 0.5) is 0 Å². The average Bonchev–Trinajstić information content (AvgIpc) is 2.24. The van der Waals surface area contributed by atoms with Gasteiger partial charge in [-0.2, -0.15) is 0 Å². The molecule has 0 bridgehead atoms. The van der Waals surface area contributed by atoms with Gasteiger partial charge in [0.2, 0.25) is 0 Å². The zero-order chi connectivity index (χ0) is 15.3. The van der Waals surface area contributed by atoms with Crippen LogP contribution in [-0.2, 0) is 0 Å². The van der Waals surface area contributed by atoms with Crippen molar-refractivity contribution in [2.75, 3.05) is 0 Å². The lowest BCUT2D eigenvalue weighted by Crippen LogP contribution is -1.72. The fourth-order valence-corrected chi connectivity index (χ4v) is 0.236. The third-order valence-corrected chi connectivity index (χ3v) is 0.451. The Morgan fingerprint density at radius 3 is 1.29 bits per heavy atom. The van der Waals surface area contributed by atoms with Crippen LogP contribution in [0.2, 0.25) is 0 Å². The Bertz CT molecular complexity index is 141. The summed E-state index contributed by atoms with van der Waals surface area (Å²) in [6.45, 7) is 29.4. The Morgan fingerprint density at radius 1 is 1.12 bits per heavy atom. The number of hydrogen-bond acceptors (Lipinski definition) is 0. The van der Waals surface area contributed by atoms with E-state index in [1.807, 2.05) is 33.8 Å². The molecule has 0 aliphatic heterocycles. The first-order valence-electron chi connectivity index (χ1n) is 6.40.